The van der Waals surface area contributed by atoms with Gasteiger partial charge in [-0.3, -0.25) is 0 Å². The molecule has 116 valence electrons. The quantitative estimate of drug-likeness (QED) is 0.801. The second-order valence-electron chi connectivity index (χ2n) is 4.55. The number of benzene rings is 2. The molecule has 2 rings (SSSR count). The molecule has 0 saturated heterocycles. The summed E-state index contributed by atoms with van der Waals surface area (Å²) in [4.78, 5) is 11.5. The summed E-state index contributed by atoms with van der Waals surface area (Å²) in [5.41, 5.74) is 0.958. The summed E-state index contributed by atoms with van der Waals surface area (Å²) >= 11 is 5.76. The van der Waals surface area contributed by atoms with Crippen LogP contribution in [0, 0.1) is 5.82 Å². The number of carbonyl (C=O) groups excluding carboxylic acids is 1. The smallest absolute Gasteiger partial charge is 0.317 e. The average molecular weight is 323 g/mol. The van der Waals surface area contributed by atoms with Crippen molar-refractivity contribution in [3.63, 3.8) is 0 Å². The molecule has 0 spiro atoms. The summed E-state index contributed by atoms with van der Waals surface area (Å²) in [7, 11) is 0. The summed E-state index contributed by atoms with van der Waals surface area (Å²) in [5.74, 6) is 0.352. The molecule has 0 aliphatic rings. The van der Waals surface area contributed by atoms with E-state index >= 15 is 0 Å². The molecule has 0 heterocycles. The molecule has 0 bridgehead atoms. The van der Waals surface area contributed by atoms with Gasteiger partial charge in [-0.2, -0.15) is 0 Å². The van der Waals surface area contributed by atoms with Gasteiger partial charge in [-0.05, 0) is 48.4 Å². The molecule has 0 radical (unpaired) electrons. The Morgan fingerprint density at radius 3 is 2.41 bits per heavy atom. The monoisotopic (exact) mass is 322 g/mol. The lowest BCUT2D eigenvalue weighted by atomic mass is 10.1. The van der Waals surface area contributed by atoms with Gasteiger partial charge in [0.05, 0.1) is 0 Å². The van der Waals surface area contributed by atoms with E-state index in [1.165, 1.54) is 12.1 Å². The zero-order chi connectivity index (χ0) is 15.8. The predicted molar refractivity (Wildman–Crippen MR) is 83.6 cm³/mol. The van der Waals surface area contributed by atoms with Crippen LogP contribution in [0.15, 0.2) is 48.5 Å². The number of hydrogen-bond donors (Lipinski definition) is 2. The number of rotatable bonds is 6. The highest BCUT2D eigenvalue weighted by molar-refractivity contribution is 6.30. The summed E-state index contributed by atoms with van der Waals surface area (Å²) in [6, 6.07) is 12.7. The van der Waals surface area contributed by atoms with Crippen molar-refractivity contribution in [2.75, 3.05) is 13.3 Å². The fourth-order valence-electron chi connectivity index (χ4n) is 1.75. The lowest BCUT2D eigenvalue weighted by Gasteiger charge is -2.09. The van der Waals surface area contributed by atoms with Gasteiger partial charge in [-0.15, -0.1) is 0 Å². The standard InChI is InChI=1S/C16H16ClFN2O2/c17-13-3-7-15(8-4-13)22-11-20-16(21)19-10-9-12-1-5-14(18)6-2-12/h1-8H,9-11H2,(H2,19,20,21). The molecule has 0 fully saturated rings. The van der Waals surface area contributed by atoms with Crippen LogP contribution in [-0.4, -0.2) is 19.3 Å². The minimum atomic E-state index is -0.323. The van der Waals surface area contributed by atoms with E-state index < -0.39 is 0 Å². The Kier molecular flexibility index (Phi) is 6.03. The van der Waals surface area contributed by atoms with Crippen molar-refractivity contribution in [1.82, 2.24) is 10.6 Å². The molecule has 0 aromatic heterocycles. The van der Waals surface area contributed by atoms with E-state index in [-0.39, 0.29) is 18.6 Å². The number of carbonyl (C=O) groups is 1. The number of hydrogen-bond acceptors (Lipinski definition) is 2. The van der Waals surface area contributed by atoms with Crippen LogP contribution in [0.2, 0.25) is 5.02 Å². The minimum Gasteiger partial charge on any atom is -0.473 e. The maximum absolute atomic E-state index is 12.7. The van der Waals surface area contributed by atoms with Gasteiger partial charge >= 0.3 is 6.03 Å². The van der Waals surface area contributed by atoms with Crippen molar-refractivity contribution in [2.45, 2.75) is 6.42 Å². The topological polar surface area (TPSA) is 50.4 Å². The van der Waals surface area contributed by atoms with Gasteiger partial charge in [0, 0.05) is 11.6 Å². The Labute approximate surface area is 133 Å². The van der Waals surface area contributed by atoms with E-state index in [1.807, 2.05) is 0 Å². The van der Waals surface area contributed by atoms with Crippen molar-refractivity contribution < 1.29 is 13.9 Å². The van der Waals surface area contributed by atoms with Gasteiger partial charge in [0.25, 0.3) is 0 Å². The van der Waals surface area contributed by atoms with Gasteiger partial charge in [0.1, 0.15) is 11.6 Å². The van der Waals surface area contributed by atoms with Crippen LogP contribution in [0.3, 0.4) is 0 Å². The van der Waals surface area contributed by atoms with E-state index in [1.54, 1.807) is 36.4 Å². The molecule has 0 unspecified atom stereocenters. The second-order valence-corrected chi connectivity index (χ2v) is 4.99. The molecule has 0 atom stereocenters. The van der Waals surface area contributed by atoms with Crippen LogP contribution in [0.25, 0.3) is 0 Å². The van der Waals surface area contributed by atoms with Crippen LogP contribution in [0.4, 0.5) is 9.18 Å². The molecule has 0 saturated carbocycles. The molecular formula is C16H16ClFN2O2. The van der Waals surface area contributed by atoms with E-state index in [0.29, 0.717) is 23.7 Å². The first-order chi connectivity index (χ1) is 10.6. The van der Waals surface area contributed by atoms with Crippen LogP contribution in [-0.2, 0) is 6.42 Å². The van der Waals surface area contributed by atoms with Crippen molar-refractivity contribution in [2.24, 2.45) is 0 Å². The van der Waals surface area contributed by atoms with Gasteiger partial charge < -0.3 is 15.4 Å². The third kappa shape index (κ3) is 5.61. The lowest BCUT2D eigenvalue weighted by Crippen LogP contribution is -2.38. The second kappa shape index (κ2) is 8.24. The van der Waals surface area contributed by atoms with Crippen molar-refractivity contribution in [3.8, 4) is 5.75 Å². The van der Waals surface area contributed by atoms with Gasteiger partial charge in [0.2, 0.25) is 0 Å². The first-order valence-corrected chi connectivity index (χ1v) is 7.16. The highest BCUT2D eigenvalue weighted by atomic mass is 35.5. The Balaban J connectivity index is 1.61. The van der Waals surface area contributed by atoms with E-state index in [4.69, 9.17) is 16.3 Å². The first kappa shape index (κ1) is 16.1. The minimum absolute atomic E-state index is 0.0595. The summed E-state index contributed by atoms with van der Waals surface area (Å²) in [5, 5.41) is 5.90. The number of urea groups is 1. The van der Waals surface area contributed by atoms with Gasteiger partial charge in [-0.25, -0.2) is 9.18 Å². The molecule has 2 amide bonds. The molecule has 2 aromatic carbocycles. The summed E-state index contributed by atoms with van der Waals surface area (Å²) < 4.78 is 18.1. The number of ether oxygens (including phenoxy) is 1. The normalized spacial score (nSPS) is 10.1. The van der Waals surface area contributed by atoms with Crippen molar-refractivity contribution in [1.29, 1.82) is 0 Å². The highest BCUT2D eigenvalue weighted by Crippen LogP contribution is 2.14. The van der Waals surface area contributed by atoms with Crippen LogP contribution in [0.1, 0.15) is 5.56 Å². The zero-order valence-electron chi connectivity index (χ0n) is 11.8. The van der Waals surface area contributed by atoms with E-state index in [2.05, 4.69) is 10.6 Å². The van der Waals surface area contributed by atoms with Gasteiger partial charge in [-0.1, -0.05) is 23.7 Å². The zero-order valence-corrected chi connectivity index (χ0v) is 12.6. The van der Waals surface area contributed by atoms with Gasteiger partial charge in [0.15, 0.2) is 6.73 Å². The third-order valence-electron chi connectivity index (χ3n) is 2.90. The summed E-state index contributed by atoms with van der Waals surface area (Å²) in [6.45, 7) is 0.516. The fraction of sp³-hybridized carbons (Fsp3) is 0.188. The van der Waals surface area contributed by atoms with Crippen molar-refractivity contribution in [3.05, 3.63) is 64.9 Å². The number of amides is 2. The van der Waals surface area contributed by atoms with Crippen molar-refractivity contribution >= 4 is 17.6 Å². The largest absolute Gasteiger partial charge is 0.473 e. The molecule has 2 N–H and O–H groups in total. The third-order valence-corrected chi connectivity index (χ3v) is 3.15. The molecule has 0 aliphatic carbocycles. The Morgan fingerprint density at radius 2 is 1.73 bits per heavy atom. The maximum Gasteiger partial charge on any atom is 0.317 e. The number of nitrogens with one attached hydrogen (secondary N) is 2. The van der Waals surface area contributed by atoms with Crippen LogP contribution >= 0.6 is 11.6 Å². The fourth-order valence-corrected chi connectivity index (χ4v) is 1.88. The molecule has 6 heteroatoms. The molecule has 4 nitrogen and oxygen atoms in total. The lowest BCUT2D eigenvalue weighted by molar-refractivity contribution is 0.224. The molecule has 0 aliphatic heterocycles. The van der Waals surface area contributed by atoms with Crippen LogP contribution in [0.5, 0.6) is 5.75 Å². The summed E-state index contributed by atoms with van der Waals surface area (Å²) in [6.07, 6.45) is 0.631. The SMILES string of the molecule is O=C(NCCc1ccc(F)cc1)NCOc1ccc(Cl)cc1. The highest BCUT2D eigenvalue weighted by Gasteiger charge is 2.00. The Bertz CT molecular complexity index is 549. The maximum atomic E-state index is 12.7. The molecule has 2 aromatic rings. The molecular weight excluding hydrogens is 307 g/mol. The van der Waals surface area contributed by atoms with E-state index in [0.717, 1.165) is 5.56 Å². The Hall–Kier alpha value is -2.27. The predicted octanol–water partition coefficient (Wildman–Crippen LogP) is 3.36. The molecule has 22 heavy (non-hydrogen) atoms. The Morgan fingerprint density at radius 1 is 1.05 bits per heavy atom. The van der Waals surface area contributed by atoms with Crippen LogP contribution < -0.4 is 15.4 Å². The van der Waals surface area contributed by atoms with E-state index in [9.17, 15) is 9.18 Å². The number of halogens is 2. The first-order valence-electron chi connectivity index (χ1n) is 6.78. The average Bonchev–Trinajstić information content (AvgIpc) is 2.51.